The van der Waals surface area contributed by atoms with Crippen LogP contribution in [0.25, 0.3) is 0 Å². The van der Waals surface area contributed by atoms with Crippen LogP contribution in [0.15, 0.2) is 16.6 Å². The highest BCUT2D eigenvalue weighted by atomic mass is 79.9. The van der Waals surface area contributed by atoms with Gasteiger partial charge in [0.1, 0.15) is 5.75 Å². The highest BCUT2D eigenvalue weighted by Gasteiger charge is 2.17. The third-order valence-electron chi connectivity index (χ3n) is 3.07. The Kier molecular flexibility index (Phi) is 5.82. The molecule has 0 aliphatic carbocycles. The maximum Gasteiger partial charge on any atom is 0.234 e. The largest absolute Gasteiger partial charge is 0.493 e. The number of ether oxygens (including phenoxy) is 2. The second-order valence-electron chi connectivity index (χ2n) is 4.60. The summed E-state index contributed by atoms with van der Waals surface area (Å²) in [6, 6.07) is 4.06. The number of carbonyl (C=O) groups excluding carboxylic acids is 1. The first-order chi connectivity index (χ1) is 9.70. The van der Waals surface area contributed by atoms with Crippen LogP contribution in [-0.4, -0.2) is 39.3 Å². The van der Waals surface area contributed by atoms with Crippen LogP contribution in [0.3, 0.4) is 0 Å². The summed E-state index contributed by atoms with van der Waals surface area (Å²) in [5, 5.41) is 5.90. The Balaban J connectivity index is 1.84. The van der Waals surface area contributed by atoms with E-state index in [-0.39, 0.29) is 5.91 Å². The molecule has 0 saturated heterocycles. The molecule has 1 aliphatic heterocycles. The van der Waals surface area contributed by atoms with Crippen molar-refractivity contribution in [1.82, 2.24) is 10.6 Å². The van der Waals surface area contributed by atoms with E-state index in [0.29, 0.717) is 32.8 Å². The predicted molar refractivity (Wildman–Crippen MR) is 79.9 cm³/mol. The molecular weight excluding hydrogens is 324 g/mol. The second-order valence-corrected chi connectivity index (χ2v) is 5.51. The van der Waals surface area contributed by atoms with Gasteiger partial charge in [-0.1, -0.05) is 15.9 Å². The molecule has 1 amide bonds. The van der Waals surface area contributed by atoms with Gasteiger partial charge in [0.25, 0.3) is 0 Å². The normalized spacial score (nSPS) is 12.9. The summed E-state index contributed by atoms with van der Waals surface area (Å²) in [5.74, 6) is 0.883. The van der Waals surface area contributed by atoms with Gasteiger partial charge in [-0.25, -0.2) is 0 Å². The van der Waals surface area contributed by atoms with Gasteiger partial charge in [-0.05, 0) is 17.7 Å². The van der Waals surface area contributed by atoms with Crippen LogP contribution in [0.1, 0.15) is 11.1 Å². The number of methoxy groups -OCH3 is 1. The maximum atomic E-state index is 11.7. The Bertz CT molecular complexity index is 480. The number of nitrogens with one attached hydrogen (secondary N) is 2. The lowest BCUT2D eigenvalue weighted by Crippen LogP contribution is -2.34. The van der Waals surface area contributed by atoms with Gasteiger partial charge in [0.15, 0.2) is 0 Å². The molecule has 0 unspecified atom stereocenters. The number of rotatable bonds is 7. The molecule has 0 saturated carbocycles. The number of hydrogen-bond acceptors (Lipinski definition) is 4. The molecule has 0 fully saturated rings. The molecule has 1 heterocycles. The third kappa shape index (κ3) is 4.19. The first kappa shape index (κ1) is 15.3. The van der Waals surface area contributed by atoms with Crippen molar-refractivity contribution in [2.45, 2.75) is 13.0 Å². The number of fused-ring (bicyclic) bond motifs is 1. The fourth-order valence-electron chi connectivity index (χ4n) is 2.11. The Morgan fingerprint density at radius 1 is 1.50 bits per heavy atom. The van der Waals surface area contributed by atoms with Gasteiger partial charge in [-0.3, -0.25) is 4.79 Å². The van der Waals surface area contributed by atoms with Gasteiger partial charge in [0.05, 0.1) is 19.8 Å². The van der Waals surface area contributed by atoms with Gasteiger partial charge < -0.3 is 20.1 Å². The zero-order chi connectivity index (χ0) is 14.4. The fraction of sp³-hybridized carbons (Fsp3) is 0.500. The fourth-order valence-corrected chi connectivity index (χ4v) is 2.66. The molecule has 0 radical (unpaired) electrons. The molecule has 2 rings (SSSR count). The monoisotopic (exact) mass is 342 g/mol. The summed E-state index contributed by atoms with van der Waals surface area (Å²) in [7, 11) is 1.63. The quantitative estimate of drug-likeness (QED) is 0.732. The van der Waals surface area contributed by atoms with Crippen molar-refractivity contribution in [1.29, 1.82) is 0 Å². The first-order valence-electron chi connectivity index (χ1n) is 6.61. The van der Waals surface area contributed by atoms with Gasteiger partial charge >= 0.3 is 0 Å². The molecular formula is C14H19BrN2O3. The van der Waals surface area contributed by atoms with Crippen LogP contribution in [-0.2, 0) is 22.5 Å². The molecule has 0 spiro atoms. The van der Waals surface area contributed by atoms with Crippen molar-refractivity contribution in [3.05, 3.63) is 27.7 Å². The van der Waals surface area contributed by atoms with Crippen LogP contribution in [0, 0.1) is 0 Å². The van der Waals surface area contributed by atoms with E-state index >= 15 is 0 Å². The van der Waals surface area contributed by atoms with Crippen molar-refractivity contribution in [2.75, 3.05) is 33.4 Å². The second kappa shape index (κ2) is 7.61. The van der Waals surface area contributed by atoms with Crippen molar-refractivity contribution < 1.29 is 14.3 Å². The number of benzene rings is 1. The third-order valence-corrected chi connectivity index (χ3v) is 3.53. The molecule has 0 aromatic heterocycles. The van der Waals surface area contributed by atoms with E-state index in [9.17, 15) is 4.79 Å². The molecule has 0 atom stereocenters. The zero-order valence-corrected chi connectivity index (χ0v) is 13.1. The van der Waals surface area contributed by atoms with Crippen LogP contribution in [0.5, 0.6) is 5.75 Å². The Labute approximate surface area is 127 Å². The number of amides is 1. The summed E-state index contributed by atoms with van der Waals surface area (Å²) >= 11 is 3.49. The van der Waals surface area contributed by atoms with Gasteiger partial charge in [0, 0.05) is 36.7 Å². The summed E-state index contributed by atoms with van der Waals surface area (Å²) < 4.78 is 11.5. The van der Waals surface area contributed by atoms with Crippen LogP contribution in [0.2, 0.25) is 0 Å². The minimum atomic E-state index is -0.0344. The van der Waals surface area contributed by atoms with Crippen LogP contribution in [0.4, 0.5) is 0 Å². The Hall–Kier alpha value is -1.11. The molecule has 1 aromatic carbocycles. The zero-order valence-electron chi connectivity index (χ0n) is 11.5. The predicted octanol–water partition coefficient (Wildman–Crippen LogP) is 1.24. The highest BCUT2D eigenvalue weighted by Crippen LogP contribution is 2.32. The van der Waals surface area contributed by atoms with E-state index in [0.717, 1.165) is 22.2 Å². The van der Waals surface area contributed by atoms with E-state index in [4.69, 9.17) is 9.47 Å². The smallest absolute Gasteiger partial charge is 0.234 e. The van der Waals surface area contributed by atoms with Gasteiger partial charge in [-0.2, -0.15) is 0 Å². The van der Waals surface area contributed by atoms with Crippen LogP contribution < -0.4 is 15.4 Å². The Morgan fingerprint density at radius 2 is 2.35 bits per heavy atom. The summed E-state index contributed by atoms with van der Waals surface area (Å²) in [6.45, 7) is 2.75. The molecule has 1 aliphatic rings. The first-order valence-corrected chi connectivity index (χ1v) is 7.40. The standard InChI is InChI=1S/C14H19BrN2O3/c1-19-5-3-16-9-13(18)17-8-11-7-12(15)6-10-2-4-20-14(10)11/h6-7,16H,2-5,8-9H2,1H3,(H,17,18). The van der Waals surface area contributed by atoms with Crippen molar-refractivity contribution in [2.24, 2.45) is 0 Å². The van der Waals surface area contributed by atoms with Crippen molar-refractivity contribution in [3.8, 4) is 5.75 Å². The van der Waals surface area contributed by atoms with E-state index < -0.39 is 0 Å². The van der Waals surface area contributed by atoms with Crippen LogP contribution >= 0.6 is 15.9 Å². The van der Waals surface area contributed by atoms with E-state index in [1.165, 1.54) is 5.56 Å². The molecule has 110 valence electrons. The van der Waals surface area contributed by atoms with E-state index in [2.05, 4.69) is 32.6 Å². The number of carbonyl (C=O) groups is 1. The summed E-state index contributed by atoms with van der Waals surface area (Å²) in [5.41, 5.74) is 2.21. The van der Waals surface area contributed by atoms with Crippen molar-refractivity contribution >= 4 is 21.8 Å². The van der Waals surface area contributed by atoms with Gasteiger partial charge in [-0.15, -0.1) is 0 Å². The lowest BCUT2D eigenvalue weighted by molar-refractivity contribution is -0.120. The summed E-state index contributed by atoms with van der Waals surface area (Å²) in [4.78, 5) is 11.7. The average molecular weight is 343 g/mol. The summed E-state index contributed by atoms with van der Waals surface area (Å²) in [6.07, 6.45) is 0.925. The molecule has 5 nitrogen and oxygen atoms in total. The lowest BCUT2D eigenvalue weighted by atomic mass is 10.1. The SMILES string of the molecule is COCCNCC(=O)NCc1cc(Br)cc2c1OCC2. The molecule has 1 aromatic rings. The van der Waals surface area contributed by atoms with Crippen molar-refractivity contribution in [3.63, 3.8) is 0 Å². The highest BCUT2D eigenvalue weighted by molar-refractivity contribution is 9.10. The van der Waals surface area contributed by atoms with E-state index in [1.54, 1.807) is 7.11 Å². The maximum absolute atomic E-state index is 11.7. The topological polar surface area (TPSA) is 59.6 Å². The Morgan fingerprint density at radius 3 is 3.15 bits per heavy atom. The molecule has 6 heteroatoms. The lowest BCUT2D eigenvalue weighted by Gasteiger charge is -2.11. The van der Waals surface area contributed by atoms with E-state index in [1.807, 2.05) is 6.07 Å². The molecule has 20 heavy (non-hydrogen) atoms. The number of hydrogen-bond donors (Lipinski definition) is 2. The minimum Gasteiger partial charge on any atom is -0.493 e. The van der Waals surface area contributed by atoms with Gasteiger partial charge in [0.2, 0.25) is 5.91 Å². The minimum absolute atomic E-state index is 0.0344. The molecule has 2 N–H and O–H groups in total. The average Bonchev–Trinajstić information content (AvgIpc) is 2.89. The molecule has 0 bridgehead atoms. The number of halogens is 1.